The number of unbranched alkanes of at least 4 members (excludes halogenated alkanes) is 2. The van der Waals surface area contributed by atoms with E-state index in [1.165, 1.54) is 18.2 Å². The fraction of sp³-hybridized carbons (Fsp3) is 0.500. The van der Waals surface area contributed by atoms with Gasteiger partial charge in [0.05, 0.1) is 4.92 Å². The van der Waals surface area contributed by atoms with E-state index in [4.69, 9.17) is 11.6 Å². The average molecular weight is 299 g/mol. The lowest BCUT2D eigenvalue weighted by Gasteiger charge is -2.18. The smallest absolute Gasteiger partial charge is 0.269 e. The molecule has 1 aromatic rings. The van der Waals surface area contributed by atoms with Crippen molar-refractivity contribution in [1.29, 1.82) is 0 Å². The number of benzene rings is 1. The van der Waals surface area contributed by atoms with Crippen LogP contribution < -0.4 is 0 Å². The van der Waals surface area contributed by atoms with E-state index in [9.17, 15) is 14.9 Å². The van der Waals surface area contributed by atoms with Crippen molar-refractivity contribution in [2.45, 2.75) is 26.2 Å². The van der Waals surface area contributed by atoms with Crippen LogP contribution >= 0.6 is 11.6 Å². The molecule has 1 amide bonds. The summed E-state index contributed by atoms with van der Waals surface area (Å²) in [4.78, 5) is 24.1. The molecule has 20 heavy (non-hydrogen) atoms. The van der Waals surface area contributed by atoms with Gasteiger partial charge in [0.1, 0.15) is 0 Å². The fourth-order valence-corrected chi connectivity index (χ4v) is 2.12. The second-order valence-electron chi connectivity index (χ2n) is 4.73. The summed E-state index contributed by atoms with van der Waals surface area (Å²) in [6.07, 6.45) is 2.83. The van der Waals surface area contributed by atoms with E-state index in [1.807, 2.05) is 0 Å². The third kappa shape index (κ3) is 4.49. The van der Waals surface area contributed by atoms with Crippen molar-refractivity contribution in [2.75, 3.05) is 19.5 Å². The van der Waals surface area contributed by atoms with Gasteiger partial charge in [-0.2, -0.15) is 0 Å². The van der Waals surface area contributed by atoms with Gasteiger partial charge in [-0.3, -0.25) is 14.9 Å². The highest BCUT2D eigenvalue weighted by atomic mass is 35.5. The van der Waals surface area contributed by atoms with Crippen LogP contribution in [0.25, 0.3) is 0 Å². The minimum Gasteiger partial charge on any atom is -0.342 e. The number of rotatable bonds is 7. The van der Waals surface area contributed by atoms with Gasteiger partial charge >= 0.3 is 0 Å². The van der Waals surface area contributed by atoms with Crippen LogP contribution in [0.15, 0.2) is 18.2 Å². The predicted octanol–water partition coefficient (Wildman–Crippen LogP) is 3.38. The molecule has 0 saturated heterocycles. The molecular formula is C14H19ClN2O3. The largest absolute Gasteiger partial charge is 0.342 e. The Hall–Kier alpha value is -1.62. The molecule has 0 fully saturated rings. The monoisotopic (exact) mass is 298 g/mol. The van der Waals surface area contributed by atoms with Crippen LogP contribution in [0.1, 0.15) is 35.2 Å². The number of carbonyl (C=O) groups is 1. The number of halogens is 1. The zero-order valence-electron chi connectivity index (χ0n) is 11.8. The molecule has 6 heteroatoms. The van der Waals surface area contributed by atoms with Crippen molar-refractivity contribution in [1.82, 2.24) is 4.90 Å². The van der Waals surface area contributed by atoms with Gasteiger partial charge < -0.3 is 4.90 Å². The molecule has 0 aromatic heterocycles. The van der Waals surface area contributed by atoms with Gasteiger partial charge in [-0.1, -0.05) is 6.42 Å². The van der Waals surface area contributed by atoms with Gasteiger partial charge in [-0.05, 0) is 31.4 Å². The summed E-state index contributed by atoms with van der Waals surface area (Å²) >= 11 is 5.60. The first kappa shape index (κ1) is 16.4. The number of nitrogens with zero attached hydrogens (tertiary/aromatic N) is 2. The summed E-state index contributed by atoms with van der Waals surface area (Å²) in [6, 6.07) is 4.31. The molecule has 0 radical (unpaired) electrons. The van der Waals surface area contributed by atoms with Crippen molar-refractivity contribution in [3.8, 4) is 0 Å². The van der Waals surface area contributed by atoms with Crippen molar-refractivity contribution in [3.63, 3.8) is 0 Å². The zero-order chi connectivity index (χ0) is 15.1. The number of amides is 1. The number of alkyl halides is 1. The van der Waals surface area contributed by atoms with Gasteiger partial charge in [0.25, 0.3) is 11.6 Å². The Bertz CT molecular complexity index is 491. The second-order valence-corrected chi connectivity index (χ2v) is 5.11. The molecule has 0 bridgehead atoms. The van der Waals surface area contributed by atoms with Gasteiger partial charge in [0.2, 0.25) is 0 Å². The molecule has 0 heterocycles. The second kappa shape index (κ2) is 7.85. The van der Waals surface area contributed by atoms with Crippen LogP contribution in [0.4, 0.5) is 5.69 Å². The molecule has 0 N–H and O–H groups in total. The molecule has 110 valence electrons. The molecule has 1 rings (SSSR count). The SMILES string of the molecule is Cc1cc([N+](=O)[O-])ccc1C(=O)N(C)CCCCCCl. The number of hydrogen-bond donors (Lipinski definition) is 0. The summed E-state index contributed by atoms with van der Waals surface area (Å²) in [5.74, 6) is 0.530. The summed E-state index contributed by atoms with van der Waals surface area (Å²) in [7, 11) is 1.74. The van der Waals surface area contributed by atoms with Crippen molar-refractivity contribution in [3.05, 3.63) is 39.4 Å². The number of aryl methyl sites for hydroxylation is 1. The van der Waals surface area contributed by atoms with E-state index < -0.39 is 4.92 Å². The average Bonchev–Trinajstić information content (AvgIpc) is 2.42. The Morgan fingerprint density at radius 3 is 2.60 bits per heavy atom. The molecule has 0 unspecified atom stereocenters. The molecule has 0 aliphatic carbocycles. The van der Waals surface area contributed by atoms with Gasteiger partial charge in [0, 0.05) is 37.2 Å². The maximum Gasteiger partial charge on any atom is 0.269 e. The van der Waals surface area contributed by atoms with Crippen molar-refractivity contribution in [2.24, 2.45) is 0 Å². The first-order valence-electron chi connectivity index (χ1n) is 6.54. The van der Waals surface area contributed by atoms with E-state index in [1.54, 1.807) is 18.9 Å². The number of nitro benzene ring substituents is 1. The van der Waals surface area contributed by atoms with E-state index in [2.05, 4.69) is 0 Å². The number of carbonyl (C=O) groups excluding carboxylic acids is 1. The van der Waals surface area contributed by atoms with Gasteiger partial charge in [0.15, 0.2) is 0 Å². The Morgan fingerprint density at radius 1 is 1.35 bits per heavy atom. The highest BCUT2D eigenvalue weighted by Gasteiger charge is 2.16. The van der Waals surface area contributed by atoms with Crippen LogP contribution in [0.3, 0.4) is 0 Å². The molecule has 0 saturated carbocycles. The van der Waals surface area contributed by atoms with Crippen LogP contribution in [0.5, 0.6) is 0 Å². The maximum absolute atomic E-state index is 12.2. The highest BCUT2D eigenvalue weighted by Crippen LogP contribution is 2.18. The van der Waals surface area contributed by atoms with E-state index in [-0.39, 0.29) is 11.6 Å². The fourth-order valence-electron chi connectivity index (χ4n) is 1.93. The van der Waals surface area contributed by atoms with Crippen molar-refractivity contribution < 1.29 is 9.72 Å². The Morgan fingerprint density at radius 2 is 2.05 bits per heavy atom. The topological polar surface area (TPSA) is 63.5 Å². The van der Waals surface area contributed by atoms with Gasteiger partial charge in [-0.25, -0.2) is 0 Å². The molecule has 5 nitrogen and oxygen atoms in total. The minimum absolute atomic E-state index is 0.00353. The van der Waals surface area contributed by atoms with Crippen LogP contribution in [0, 0.1) is 17.0 Å². The maximum atomic E-state index is 12.2. The molecule has 0 aliphatic heterocycles. The van der Waals surface area contributed by atoms with Gasteiger partial charge in [-0.15, -0.1) is 11.6 Å². The van der Waals surface area contributed by atoms with Crippen LogP contribution in [0.2, 0.25) is 0 Å². The van der Waals surface area contributed by atoms with E-state index in [0.717, 1.165) is 19.3 Å². The lowest BCUT2D eigenvalue weighted by Crippen LogP contribution is -2.28. The van der Waals surface area contributed by atoms with E-state index in [0.29, 0.717) is 23.6 Å². The summed E-state index contributed by atoms with van der Waals surface area (Å²) in [5, 5.41) is 10.7. The molecule has 0 atom stereocenters. The predicted molar refractivity (Wildman–Crippen MR) is 79.4 cm³/mol. The van der Waals surface area contributed by atoms with Crippen molar-refractivity contribution >= 4 is 23.2 Å². The van der Waals surface area contributed by atoms with E-state index >= 15 is 0 Å². The van der Waals surface area contributed by atoms with Crippen LogP contribution in [-0.2, 0) is 0 Å². The third-order valence-corrected chi connectivity index (χ3v) is 3.39. The summed E-state index contributed by atoms with van der Waals surface area (Å²) in [5.41, 5.74) is 1.14. The summed E-state index contributed by atoms with van der Waals surface area (Å²) < 4.78 is 0. The minimum atomic E-state index is -0.461. The molecule has 0 spiro atoms. The number of non-ortho nitro benzene ring substituents is 1. The zero-order valence-corrected chi connectivity index (χ0v) is 12.5. The normalized spacial score (nSPS) is 10.3. The lowest BCUT2D eigenvalue weighted by molar-refractivity contribution is -0.384. The quantitative estimate of drug-likeness (QED) is 0.335. The first-order valence-corrected chi connectivity index (χ1v) is 7.07. The molecular weight excluding hydrogens is 280 g/mol. The Kier molecular flexibility index (Phi) is 6.45. The highest BCUT2D eigenvalue weighted by molar-refractivity contribution is 6.17. The number of hydrogen-bond acceptors (Lipinski definition) is 3. The Balaban J connectivity index is 2.69. The molecule has 0 aliphatic rings. The standard InChI is InChI=1S/C14H19ClN2O3/c1-11-10-12(17(19)20)6-7-13(11)14(18)16(2)9-5-3-4-8-15/h6-7,10H,3-5,8-9H2,1-2H3. The summed E-state index contributed by atoms with van der Waals surface area (Å²) in [6.45, 7) is 2.37. The Labute approximate surface area is 123 Å². The number of nitro groups is 1. The van der Waals surface area contributed by atoms with Crippen LogP contribution in [-0.4, -0.2) is 35.2 Å². The third-order valence-electron chi connectivity index (χ3n) is 3.13. The molecule has 1 aromatic carbocycles. The lowest BCUT2D eigenvalue weighted by atomic mass is 10.1. The first-order chi connectivity index (χ1) is 9.47.